The van der Waals surface area contributed by atoms with Crippen LogP contribution in [-0.4, -0.2) is 28.1 Å². The number of ether oxygens (including phenoxy) is 1. The van der Waals surface area contributed by atoms with Gasteiger partial charge in [0.05, 0.1) is 29.4 Å². The van der Waals surface area contributed by atoms with Crippen molar-refractivity contribution >= 4 is 28.9 Å². The standard InChI is InChI=1S/C22H21ClF3N5O/c1-2-12-32-21-29-18-13-31(20-17(23)4-3-10-27-20)11-9-16(18)19(30-21)28-15-7-5-14(6-8-15)22(24,25)26/h3-8,10H,2,9,11-13H2,1H3,(H,28,29,30). The Balaban J connectivity index is 1.64. The van der Waals surface area contributed by atoms with Crippen LogP contribution in [0.3, 0.4) is 0 Å². The molecule has 0 spiro atoms. The molecule has 0 bridgehead atoms. The number of fused-ring (bicyclic) bond motifs is 1. The lowest BCUT2D eigenvalue weighted by molar-refractivity contribution is -0.137. The number of nitrogens with zero attached hydrogens (tertiary/aromatic N) is 4. The van der Waals surface area contributed by atoms with Gasteiger partial charge in [-0.15, -0.1) is 0 Å². The van der Waals surface area contributed by atoms with E-state index in [4.69, 9.17) is 16.3 Å². The van der Waals surface area contributed by atoms with E-state index < -0.39 is 11.7 Å². The van der Waals surface area contributed by atoms with Crippen molar-refractivity contribution in [2.24, 2.45) is 0 Å². The van der Waals surface area contributed by atoms with Crippen molar-refractivity contribution in [3.8, 4) is 6.01 Å². The van der Waals surface area contributed by atoms with E-state index in [0.717, 1.165) is 29.8 Å². The summed E-state index contributed by atoms with van der Waals surface area (Å²) >= 11 is 6.31. The Bertz CT molecular complexity index is 1090. The summed E-state index contributed by atoms with van der Waals surface area (Å²) in [5.41, 5.74) is 1.43. The van der Waals surface area contributed by atoms with Gasteiger partial charge in [-0.2, -0.15) is 23.1 Å². The number of pyridine rings is 1. The second kappa shape index (κ2) is 9.20. The maximum absolute atomic E-state index is 12.9. The fraction of sp³-hybridized carbons (Fsp3) is 0.318. The molecular formula is C22H21ClF3N5O. The zero-order valence-electron chi connectivity index (χ0n) is 17.3. The van der Waals surface area contributed by atoms with Gasteiger partial charge in [-0.05, 0) is 49.2 Å². The van der Waals surface area contributed by atoms with Gasteiger partial charge in [0.2, 0.25) is 0 Å². The van der Waals surface area contributed by atoms with Crippen LogP contribution in [0.5, 0.6) is 6.01 Å². The normalized spacial score (nSPS) is 13.6. The van der Waals surface area contributed by atoms with Crippen LogP contribution in [-0.2, 0) is 19.1 Å². The van der Waals surface area contributed by atoms with E-state index in [1.807, 2.05) is 11.8 Å². The smallest absolute Gasteiger partial charge is 0.416 e. The largest absolute Gasteiger partial charge is 0.463 e. The van der Waals surface area contributed by atoms with E-state index in [-0.39, 0.29) is 6.01 Å². The first-order valence-electron chi connectivity index (χ1n) is 10.2. The highest BCUT2D eigenvalue weighted by molar-refractivity contribution is 6.32. The molecule has 0 unspecified atom stereocenters. The third-order valence-corrected chi connectivity index (χ3v) is 5.29. The van der Waals surface area contributed by atoms with E-state index in [2.05, 4.69) is 20.3 Å². The Morgan fingerprint density at radius 3 is 2.62 bits per heavy atom. The third kappa shape index (κ3) is 4.88. The minimum atomic E-state index is -4.38. The number of aromatic nitrogens is 3. The monoisotopic (exact) mass is 463 g/mol. The molecule has 32 heavy (non-hydrogen) atoms. The van der Waals surface area contributed by atoms with Gasteiger partial charge >= 0.3 is 12.2 Å². The zero-order valence-corrected chi connectivity index (χ0v) is 18.0. The number of hydrogen-bond acceptors (Lipinski definition) is 6. The van der Waals surface area contributed by atoms with Crippen LogP contribution < -0.4 is 15.0 Å². The molecule has 0 amide bonds. The highest BCUT2D eigenvalue weighted by Crippen LogP contribution is 2.33. The Morgan fingerprint density at radius 2 is 1.94 bits per heavy atom. The molecule has 1 aromatic carbocycles. The lowest BCUT2D eigenvalue weighted by Crippen LogP contribution is -2.32. The summed E-state index contributed by atoms with van der Waals surface area (Å²) in [5.74, 6) is 1.19. The molecule has 1 aliphatic heterocycles. The summed E-state index contributed by atoms with van der Waals surface area (Å²) in [7, 11) is 0. The highest BCUT2D eigenvalue weighted by atomic mass is 35.5. The third-order valence-electron chi connectivity index (χ3n) is 4.99. The molecule has 3 aromatic rings. The van der Waals surface area contributed by atoms with Crippen molar-refractivity contribution in [1.82, 2.24) is 15.0 Å². The Labute approximate surface area is 188 Å². The van der Waals surface area contributed by atoms with Gasteiger partial charge in [-0.1, -0.05) is 18.5 Å². The Kier molecular flexibility index (Phi) is 6.36. The quantitative estimate of drug-likeness (QED) is 0.510. The van der Waals surface area contributed by atoms with Gasteiger partial charge < -0.3 is 15.0 Å². The van der Waals surface area contributed by atoms with Crippen molar-refractivity contribution in [3.63, 3.8) is 0 Å². The van der Waals surface area contributed by atoms with Crippen LogP contribution in [0.4, 0.5) is 30.5 Å². The first-order valence-corrected chi connectivity index (χ1v) is 10.5. The van der Waals surface area contributed by atoms with Gasteiger partial charge in [-0.25, -0.2) is 4.98 Å². The van der Waals surface area contributed by atoms with Gasteiger partial charge in [-0.3, -0.25) is 0 Å². The molecule has 0 saturated heterocycles. The van der Waals surface area contributed by atoms with Crippen molar-refractivity contribution in [2.75, 3.05) is 23.4 Å². The topological polar surface area (TPSA) is 63.2 Å². The molecule has 10 heteroatoms. The molecule has 1 aliphatic rings. The second-order valence-corrected chi connectivity index (χ2v) is 7.72. The lowest BCUT2D eigenvalue weighted by atomic mass is 10.1. The number of hydrogen-bond donors (Lipinski definition) is 1. The van der Waals surface area contributed by atoms with Gasteiger partial charge in [0, 0.05) is 24.0 Å². The number of alkyl halides is 3. The summed E-state index contributed by atoms with van der Waals surface area (Å²) in [6.45, 7) is 3.53. The molecule has 3 heterocycles. The van der Waals surface area contributed by atoms with Crippen LogP contribution in [0.15, 0.2) is 42.6 Å². The van der Waals surface area contributed by atoms with Crippen LogP contribution in [0.2, 0.25) is 5.02 Å². The summed E-state index contributed by atoms with van der Waals surface area (Å²) in [6.07, 6.45) is -1.30. The number of nitrogens with one attached hydrogen (secondary N) is 1. The molecule has 0 atom stereocenters. The fourth-order valence-corrected chi connectivity index (χ4v) is 3.68. The van der Waals surface area contributed by atoms with E-state index in [9.17, 15) is 13.2 Å². The maximum atomic E-state index is 12.9. The van der Waals surface area contributed by atoms with Crippen molar-refractivity contribution in [1.29, 1.82) is 0 Å². The molecule has 0 saturated carbocycles. The van der Waals surface area contributed by atoms with Crippen LogP contribution in [0.1, 0.15) is 30.2 Å². The highest BCUT2D eigenvalue weighted by Gasteiger charge is 2.30. The summed E-state index contributed by atoms with van der Waals surface area (Å²) in [4.78, 5) is 15.5. The van der Waals surface area contributed by atoms with E-state index in [1.165, 1.54) is 12.1 Å². The Hall–Kier alpha value is -3.07. The number of benzene rings is 1. The lowest BCUT2D eigenvalue weighted by Gasteiger charge is -2.30. The van der Waals surface area contributed by atoms with Gasteiger partial charge in [0.15, 0.2) is 0 Å². The summed E-state index contributed by atoms with van der Waals surface area (Å²) in [5, 5.41) is 3.69. The van der Waals surface area contributed by atoms with E-state index in [0.29, 0.717) is 48.5 Å². The maximum Gasteiger partial charge on any atom is 0.416 e. The molecule has 0 radical (unpaired) electrons. The molecule has 0 fully saturated rings. The SMILES string of the molecule is CCCOc1nc2c(c(Nc3ccc(C(F)(F)F)cc3)n1)CCN(c1ncccc1Cl)C2. The Morgan fingerprint density at radius 1 is 1.16 bits per heavy atom. The second-order valence-electron chi connectivity index (χ2n) is 7.31. The van der Waals surface area contributed by atoms with Crippen LogP contribution >= 0.6 is 11.6 Å². The van der Waals surface area contributed by atoms with Crippen molar-refractivity contribution in [3.05, 3.63) is 64.4 Å². The van der Waals surface area contributed by atoms with Gasteiger partial charge in [0.1, 0.15) is 11.6 Å². The van der Waals surface area contributed by atoms with Crippen LogP contribution in [0.25, 0.3) is 0 Å². The predicted octanol–water partition coefficient (Wildman–Crippen LogP) is 5.64. The average molecular weight is 464 g/mol. The van der Waals surface area contributed by atoms with Crippen molar-refractivity contribution in [2.45, 2.75) is 32.5 Å². The average Bonchev–Trinajstić information content (AvgIpc) is 2.77. The minimum absolute atomic E-state index is 0.217. The first-order chi connectivity index (χ1) is 15.3. The van der Waals surface area contributed by atoms with Crippen molar-refractivity contribution < 1.29 is 17.9 Å². The molecular weight excluding hydrogens is 443 g/mol. The van der Waals surface area contributed by atoms with E-state index in [1.54, 1.807) is 18.3 Å². The predicted molar refractivity (Wildman–Crippen MR) is 117 cm³/mol. The zero-order chi connectivity index (χ0) is 22.7. The number of halogens is 4. The minimum Gasteiger partial charge on any atom is -0.463 e. The molecule has 0 aliphatic carbocycles. The summed E-state index contributed by atoms with van der Waals surface area (Å²) in [6, 6.07) is 8.61. The van der Waals surface area contributed by atoms with Gasteiger partial charge in [0.25, 0.3) is 0 Å². The summed E-state index contributed by atoms with van der Waals surface area (Å²) < 4.78 is 44.3. The molecule has 4 rings (SSSR count). The number of anilines is 3. The molecule has 2 aromatic heterocycles. The molecule has 6 nitrogen and oxygen atoms in total. The fourth-order valence-electron chi connectivity index (χ4n) is 3.44. The van der Waals surface area contributed by atoms with E-state index >= 15 is 0 Å². The molecule has 168 valence electrons. The first kappa shape index (κ1) is 22.1. The van der Waals surface area contributed by atoms with Crippen LogP contribution in [0, 0.1) is 0 Å². The molecule has 1 N–H and O–H groups in total. The number of rotatable bonds is 6.